The van der Waals surface area contributed by atoms with E-state index < -0.39 is 34.4 Å². The molecular weight excluding hydrogens is 583 g/mol. The fourth-order valence-corrected chi connectivity index (χ4v) is 3.24. The van der Waals surface area contributed by atoms with Gasteiger partial charge >= 0.3 is 23.9 Å². The predicted molar refractivity (Wildman–Crippen MR) is 145 cm³/mol. The highest BCUT2D eigenvalue weighted by Gasteiger charge is 2.21. The van der Waals surface area contributed by atoms with E-state index in [-0.39, 0.29) is 71.3 Å². The van der Waals surface area contributed by atoms with Gasteiger partial charge < -0.3 is 23.7 Å². The van der Waals surface area contributed by atoms with Gasteiger partial charge in [0.15, 0.2) is 0 Å². The number of esters is 4. The monoisotopic (exact) mass is 606 g/mol. The van der Waals surface area contributed by atoms with Crippen molar-refractivity contribution in [2.45, 2.75) is 13.8 Å². The normalized spacial score (nSPS) is 10.1. The number of ether oxygens (including phenoxy) is 5. The van der Waals surface area contributed by atoms with Crippen molar-refractivity contribution in [1.82, 2.24) is 0 Å². The second-order valence-corrected chi connectivity index (χ2v) is 8.86. The Morgan fingerprint density at radius 2 is 0.927 bits per heavy atom. The van der Waals surface area contributed by atoms with Crippen molar-refractivity contribution in [3.05, 3.63) is 83.0 Å². The van der Waals surface area contributed by atoms with Crippen molar-refractivity contribution in [2.75, 3.05) is 26.4 Å². The first-order valence-corrected chi connectivity index (χ1v) is 12.4. The Kier molecular flexibility index (Phi) is 12.2. The summed E-state index contributed by atoms with van der Waals surface area (Å²) in [6.45, 7) is 8.76. The Labute approximate surface area is 244 Å². The van der Waals surface area contributed by atoms with E-state index in [9.17, 15) is 28.8 Å². The quantitative estimate of drug-likeness (QED) is 0.0960. The maximum Gasteiger partial charge on any atom is 0.339 e. The van der Waals surface area contributed by atoms with E-state index in [1.165, 1.54) is 50.2 Å². The zero-order chi connectivity index (χ0) is 30.7. The molecule has 13 heteroatoms. The summed E-state index contributed by atoms with van der Waals surface area (Å²) >= 11 is 11.3. The summed E-state index contributed by atoms with van der Waals surface area (Å²) in [5, 5.41) is -1.97. The maximum absolute atomic E-state index is 12.4. The van der Waals surface area contributed by atoms with Crippen LogP contribution in [0.4, 0.5) is 0 Å². The van der Waals surface area contributed by atoms with Crippen LogP contribution in [0.5, 0.6) is 11.5 Å². The lowest BCUT2D eigenvalue weighted by molar-refractivity contribution is -0.140. The van der Waals surface area contributed by atoms with Gasteiger partial charge in [-0.25, -0.2) is 19.2 Å². The molecule has 0 aliphatic carbocycles. The molecule has 0 heterocycles. The Morgan fingerprint density at radius 3 is 1.24 bits per heavy atom. The van der Waals surface area contributed by atoms with Gasteiger partial charge in [-0.05, 0) is 73.4 Å². The Bertz CT molecular complexity index is 1310. The molecule has 0 atom stereocenters. The third kappa shape index (κ3) is 9.89. The molecule has 0 bridgehead atoms. The van der Waals surface area contributed by atoms with Crippen LogP contribution < -0.4 is 4.74 Å². The van der Waals surface area contributed by atoms with Crippen molar-refractivity contribution in [3.8, 4) is 11.5 Å². The molecule has 216 valence electrons. The third-order valence-corrected chi connectivity index (χ3v) is 5.28. The standard InChI is InChI=1S/C28H24Cl2O11/c1-15(2)25(33)37-9-11-39-27(35)19-7-5-17(13-21(19)23(29)31)41-18-6-8-20(22(14-18)24(30)32)28(36)40-12-10-38-26(34)16(3)4/h5-8,13-14H,1,3,9-12H2,2,4H3. The Hall–Kier alpha value is -4.48. The van der Waals surface area contributed by atoms with Gasteiger partial charge in [0, 0.05) is 11.1 Å². The van der Waals surface area contributed by atoms with Crippen LogP contribution in [-0.4, -0.2) is 60.8 Å². The highest BCUT2D eigenvalue weighted by atomic mass is 35.5. The molecule has 0 unspecified atom stereocenters. The van der Waals surface area contributed by atoms with Gasteiger partial charge in [0.1, 0.15) is 37.9 Å². The average Bonchev–Trinajstić information content (AvgIpc) is 2.92. The molecule has 0 aliphatic heterocycles. The van der Waals surface area contributed by atoms with Crippen molar-refractivity contribution in [2.24, 2.45) is 0 Å². The Balaban J connectivity index is 2.13. The molecule has 11 nitrogen and oxygen atoms in total. The molecule has 0 aliphatic rings. The molecule has 41 heavy (non-hydrogen) atoms. The minimum Gasteiger partial charge on any atom is -0.459 e. The van der Waals surface area contributed by atoms with Crippen molar-refractivity contribution in [3.63, 3.8) is 0 Å². The van der Waals surface area contributed by atoms with Crippen LogP contribution in [0.15, 0.2) is 60.7 Å². The van der Waals surface area contributed by atoms with Crippen molar-refractivity contribution < 1.29 is 52.5 Å². The van der Waals surface area contributed by atoms with E-state index in [2.05, 4.69) is 13.2 Å². The molecular formula is C28H24Cl2O11. The minimum atomic E-state index is -0.986. The average molecular weight is 607 g/mol. The van der Waals surface area contributed by atoms with Gasteiger partial charge in [0.2, 0.25) is 0 Å². The topological polar surface area (TPSA) is 149 Å². The largest absolute Gasteiger partial charge is 0.459 e. The van der Waals surface area contributed by atoms with Gasteiger partial charge in [-0.2, -0.15) is 0 Å². The first-order chi connectivity index (χ1) is 19.3. The zero-order valence-corrected chi connectivity index (χ0v) is 23.5. The van der Waals surface area contributed by atoms with Crippen LogP contribution in [0.25, 0.3) is 0 Å². The second-order valence-electron chi connectivity index (χ2n) is 8.17. The molecule has 0 aromatic heterocycles. The summed E-state index contributed by atoms with van der Waals surface area (Å²) in [7, 11) is 0. The van der Waals surface area contributed by atoms with Crippen LogP contribution in [0.3, 0.4) is 0 Å². The van der Waals surface area contributed by atoms with Gasteiger partial charge in [-0.1, -0.05) is 13.2 Å². The number of rotatable bonds is 14. The lowest BCUT2D eigenvalue weighted by atomic mass is 10.1. The van der Waals surface area contributed by atoms with E-state index in [0.29, 0.717) is 0 Å². The van der Waals surface area contributed by atoms with E-state index >= 15 is 0 Å². The van der Waals surface area contributed by atoms with Crippen LogP contribution in [0.2, 0.25) is 0 Å². The highest BCUT2D eigenvalue weighted by Crippen LogP contribution is 2.28. The highest BCUT2D eigenvalue weighted by molar-refractivity contribution is 6.68. The molecule has 0 spiro atoms. The van der Waals surface area contributed by atoms with E-state index in [0.717, 1.165) is 0 Å². The molecule has 0 saturated heterocycles. The first-order valence-electron chi connectivity index (χ1n) is 11.7. The summed E-state index contributed by atoms with van der Waals surface area (Å²) in [4.78, 5) is 71.6. The minimum absolute atomic E-state index is 0.0450. The third-order valence-electron chi connectivity index (χ3n) is 4.88. The van der Waals surface area contributed by atoms with Gasteiger partial charge in [0.25, 0.3) is 10.5 Å². The molecule has 0 saturated carbocycles. The van der Waals surface area contributed by atoms with Gasteiger partial charge in [0.05, 0.1) is 22.3 Å². The summed E-state index contributed by atoms with van der Waals surface area (Å²) in [6.07, 6.45) is 0. The molecule has 2 aromatic carbocycles. The van der Waals surface area contributed by atoms with E-state index in [4.69, 9.17) is 46.9 Å². The summed E-state index contributed by atoms with van der Waals surface area (Å²) < 4.78 is 25.4. The SMILES string of the molecule is C=C(C)C(=O)OCCOC(=O)c1ccc(Oc2ccc(C(=O)OCCOC(=O)C(=C)C)c(C(=O)Cl)c2)cc1C(=O)Cl. The van der Waals surface area contributed by atoms with E-state index in [1.54, 1.807) is 0 Å². The van der Waals surface area contributed by atoms with Crippen LogP contribution in [0.1, 0.15) is 55.3 Å². The lowest BCUT2D eigenvalue weighted by Crippen LogP contribution is -2.16. The fourth-order valence-electron chi connectivity index (χ4n) is 2.93. The van der Waals surface area contributed by atoms with Crippen LogP contribution in [0, 0.1) is 0 Å². The number of carbonyl (C=O) groups is 6. The number of halogens is 2. The summed E-state index contributed by atoms with van der Waals surface area (Å²) in [5.74, 6) is -3.01. The first kappa shape index (κ1) is 32.7. The number of hydrogen-bond donors (Lipinski definition) is 0. The van der Waals surface area contributed by atoms with Gasteiger partial charge in [-0.3, -0.25) is 9.59 Å². The van der Waals surface area contributed by atoms with Crippen LogP contribution in [-0.2, 0) is 28.5 Å². The smallest absolute Gasteiger partial charge is 0.339 e. The predicted octanol–water partition coefficient (Wildman–Crippen LogP) is 4.79. The lowest BCUT2D eigenvalue weighted by Gasteiger charge is -2.12. The maximum atomic E-state index is 12.4. The van der Waals surface area contributed by atoms with Crippen molar-refractivity contribution in [1.29, 1.82) is 0 Å². The molecule has 0 amide bonds. The zero-order valence-electron chi connectivity index (χ0n) is 22.0. The van der Waals surface area contributed by atoms with Gasteiger partial charge in [-0.15, -0.1) is 0 Å². The summed E-state index contributed by atoms with van der Waals surface area (Å²) in [5.41, 5.74) is -0.473. The molecule has 0 N–H and O–H groups in total. The van der Waals surface area contributed by atoms with Crippen LogP contribution >= 0.6 is 23.2 Å². The molecule has 0 radical (unpaired) electrons. The summed E-state index contributed by atoms with van der Waals surface area (Å²) in [6, 6.07) is 7.46. The molecule has 0 fully saturated rings. The Morgan fingerprint density at radius 1 is 0.585 bits per heavy atom. The number of benzene rings is 2. The number of carbonyl (C=O) groups excluding carboxylic acids is 6. The molecule has 2 aromatic rings. The van der Waals surface area contributed by atoms with E-state index in [1.807, 2.05) is 0 Å². The number of hydrogen-bond acceptors (Lipinski definition) is 11. The fraction of sp³-hybridized carbons (Fsp3) is 0.214. The second kappa shape index (κ2) is 15.3. The van der Waals surface area contributed by atoms with Crippen molar-refractivity contribution >= 4 is 57.6 Å². The molecule has 2 rings (SSSR count).